The van der Waals surface area contributed by atoms with Crippen LogP contribution >= 0.6 is 0 Å². The lowest BCUT2D eigenvalue weighted by molar-refractivity contribution is 0.0169. The summed E-state index contributed by atoms with van der Waals surface area (Å²) in [6.45, 7) is 7.81. The molecule has 158 valence electrons. The van der Waals surface area contributed by atoms with Gasteiger partial charge in [0.1, 0.15) is 5.75 Å². The molecule has 5 heteroatoms. The smallest absolute Gasteiger partial charge is 0.343 e. The Labute approximate surface area is 181 Å². The van der Waals surface area contributed by atoms with E-state index >= 15 is 0 Å². The first-order chi connectivity index (χ1) is 15.1. The molecule has 4 nitrogen and oxygen atoms in total. The molecule has 0 aliphatic heterocycles. The third kappa shape index (κ3) is 6.39. The van der Waals surface area contributed by atoms with Gasteiger partial charge in [-0.2, -0.15) is 0 Å². The van der Waals surface area contributed by atoms with E-state index in [4.69, 9.17) is 14.2 Å². The predicted molar refractivity (Wildman–Crippen MR) is 120 cm³/mol. The van der Waals surface area contributed by atoms with Crippen molar-refractivity contribution in [1.29, 1.82) is 0 Å². The molecule has 3 rings (SSSR count). The average molecular weight is 418 g/mol. The van der Waals surface area contributed by atoms with Crippen molar-refractivity contribution in [2.75, 3.05) is 13.4 Å². The molecule has 0 unspecified atom stereocenters. The molecular weight excluding hydrogens is 395 g/mol. The summed E-state index contributed by atoms with van der Waals surface area (Å²) in [5, 5.41) is 0. The van der Waals surface area contributed by atoms with Crippen molar-refractivity contribution < 1.29 is 23.4 Å². The molecule has 0 N–H and O–H groups in total. The molecule has 0 aliphatic carbocycles. The Kier molecular flexibility index (Phi) is 7.73. The molecule has 3 aromatic carbocycles. The molecule has 0 radical (unpaired) electrons. The molecule has 0 atom stereocenters. The second-order valence-corrected chi connectivity index (χ2v) is 6.67. The zero-order chi connectivity index (χ0) is 22.1. The van der Waals surface area contributed by atoms with Gasteiger partial charge in [-0.25, -0.2) is 9.18 Å². The van der Waals surface area contributed by atoms with Crippen LogP contribution in [0.2, 0.25) is 0 Å². The van der Waals surface area contributed by atoms with Gasteiger partial charge in [0, 0.05) is 0 Å². The number of benzene rings is 3. The molecule has 31 heavy (non-hydrogen) atoms. The van der Waals surface area contributed by atoms with E-state index in [0.29, 0.717) is 24.3 Å². The van der Waals surface area contributed by atoms with Crippen molar-refractivity contribution in [2.24, 2.45) is 0 Å². The number of carbonyl (C=O) groups excluding carboxylic acids is 1. The molecule has 0 heterocycles. The first kappa shape index (κ1) is 22.0. The zero-order valence-corrected chi connectivity index (χ0v) is 17.1. The Bertz CT molecular complexity index is 1040. The van der Waals surface area contributed by atoms with E-state index in [1.165, 1.54) is 12.1 Å². The second kappa shape index (κ2) is 10.9. The van der Waals surface area contributed by atoms with Crippen LogP contribution in [0, 0.1) is 5.82 Å². The Morgan fingerprint density at radius 3 is 2.16 bits per heavy atom. The van der Waals surface area contributed by atoms with Gasteiger partial charge >= 0.3 is 5.97 Å². The van der Waals surface area contributed by atoms with Crippen LogP contribution in [0.4, 0.5) is 4.39 Å². The lowest BCUT2D eigenvalue weighted by atomic mass is 10.1. The fourth-order valence-corrected chi connectivity index (χ4v) is 2.76. The summed E-state index contributed by atoms with van der Waals surface area (Å²) in [4.78, 5) is 12.2. The highest BCUT2D eigenvalue weighted by Crippen LogP contribution is 2.20. The van der Waals surface area contributed by atoms with Gasteiger partial charge in [-0.15, -0.1) is 0 Å². The van der Waals surface area contributed by atoms with Crippen molar-refractivity contribution in [2.45, 2.75) is 6.42 Å². The summed E-state index contributed by atoms with van der Waals surface area (Å²) in [5.41, 5.74) is 2.95. The number of rotatable bonds is 10. The molecule has 0 aliphatic rings. The van der Waals surface area contributed by atoms with Gasteiger partial charge in [0.2, 0.25) is 0 Å². The van der Waals surface area contributed by atoms with Crippen molar-refractivity contribution in [3.63, 3.8) is 0 Å². The molecular formula is C26H23FO4. The fourth-order valence-electron chi connectivity index (χ4n) is 2.76. The molecule has 0 saturated carbocycles. The van der Waals surface area contributed by atoms with Crippen LogP contribution in [0.1, 0.15) is 27.0 Å². The monoisotopic (exact) mass is 418 g/mol. The van der Waals surface area contributed by atoms with Crippen LogP contribution in [0.5, 0.6) is 11.5 Å². The molecule has 0 spiro atoms. The van der Waals surface area contributed by atoms with Gasteiger partial charge < -0.3 is 14.2 Å². The van der Waals surface area contributed by atoms with E-state index in [1.807, 2.05) is 24.3 Å². The number of halogens is 1. The quantitative estimate of drug-likeness (QED) is 0.177. The molecule has 0 saturated heterocycles. The van der Waals surface area contributed by atoms with Crippen molar-refractivity contribution in [1.82, 2.24) is 0 Å². The number of carbonyl (C=O) groups is 1. The summed E-state index contributed by atoms with van der Waals surface area (Å²) in [6, 6.07) is 18.6. The summed E-state index contributed by atoms with van der Waals surface area (Å²) >= 11 is 0. The van der Waals surface area contributed by atoms with Crippen molar-refractivity contribution >= 4 is 18.1 Å². The summed E-state index contributed by atoms with van der Waals surface area (Å²) in [7, 11) is 0. The minimum Gasteiger partial charge on any atom is -0.468 e. The van der Waals surface area contributed by atoms with E-state index in [0.717, 1.165) is 16.7 Å². The molecule has 3 aromatic rings. The Morgan fingerprint density at radius 2 is 1.55 bits per heavy atom. The number of ether oxygens (including phenoxy) is 3. The number of esters is 1. The van der Waals surface area contributed by atoms with Gasteiger partial charge in [-0.05, 0) is 59.5 Å². The average Bonchev–Trinajstić information content (AvgIpc) is 2.81. The highest BCUT2D eigenvalue weighted by atomic mass is 19.1. The van der Waals surface area contributed by atoms with Gasteiger partial charge in [-0.3, -0.25) is 0 Å². The Morgan fingerprint density at radius 1 is 0.903 bits per heavy atom. The minimum atomic E-state index is -0.621. The SMILES string of the molecule is C=Cc1ccc(OCOCCc2ccc(OC(=O)c3ccc(C=C)cc3)c(F)c2)cc1. The van der Waals surface area contributed by atoms with E-state index < -0.39 is 11.8 Å². The largest absolute Gasteiger partial charge is 0.468 e. The first-order valence-electron chi connectivity index (χ1n) is 9.75. The maximum atomic E-state index is 14.3. The summed E-state index contributed by atoms with van der Waals surface area (Å²) in [5.74, 6) is -0.647. The van der Waals surface area contributed by atoms with Gasteiger partial charge in [0.15, 0.2) is 18.4 Å². The van der Waals surface area contributed by atoms with Crippen LogP contribution in [0.25, 0.3) is 12.2 Å². The third-order valence-corrected chi connectivity index (χ3v) is 4.54. The summed E-state index contributed by atoms with van der Waals surface area (Å²) in [6.07, 6.45) is 3.92. The van der Waals surface area contributed by atoms with Crippen LogP contribution in [0.15, 0.2) is 79.9 Å². The Balaban J connectivity index is 1.45. The standard InChI is InChI=1S/C26H23FO4/c1-3-19-5-10-22(11-6-19)26(28)31-25-14-9-21(17-24(25)27)15-16-29-18-30-23-12-7-20(4-2)8-13-23/h3-14,17H,1-2,15-16,18H2. The maximum absolute atomic E-state index is 14.3. The zero-order valence-electron chi connectivity index (χ0n) is 17.1. The highest BCUT2D eigenvalue weighted by molar-refractivity contribution is 5.91. The number of hydrogen-bond acceptors (Lipinski definition) is 4. The van der Waals surface area contributed by atoms with Crippen LogP contribution in [-0.4, -0.2) is 19.4 Å². The summed E-state index contributed by atoms with van der Waals surface area (Å²) < 4.78 is 30.5. The lowest BCUT2D eigenvalue weighted by Gasteiger charge is -2.09. The van der Waals surface area contributed by atoms with Crippen LogP contribution in [0.3, 0.4) is 0 Å². The lowest BCUT2D eigenvalue weighted by Crippen LogP contribution is -2.10. The van der Waals surface area contributed by atoms with E-state index in [1.54, 1.807) is 42.5 Å². The molecule has 0 aromatic heterocycles. The second-order valence-electron chi connectivity index (χ2n) is 6.67. The predicted octanol–water partition coefficient (Wildman–Crippen LogP) is 5.93. The third-order valence-electron chi connectivity index (χ3n) is 4.54. The fraction of sp³-hybridized carbons (Fsp3) is 0.115. The van der Waals surface area contributed by atoms with Gasteiger partial charge in [0.05, 0.1) is 12.2 Å². The van der Waals surface area contributed by atoms with Gasteiger partial charge in [-0.1, -0.05) is 55.6 Å². The first-order valence-corrected chi connectivity index (χ1v) is 9.75. The van der Waals surface area contributed by atoms with E-state index in [2.05, 4.69) is 13.2 Å². The highest BCUT2D eigenvalue weighted by Gasteiger charge is 2.12. The van der Waals surface area contributed by atoms with Crippen molar-refractivity contribution in [3.05, 3.63) is 108 Å². The van der Waals surface area contributed by atoms with Crippen LogP contribution in [-0.2, 0) is 11.2 Å². The normalized spacial score (nSPS) is 10.4. The maximum Gasteiger partial charge on any atom is 0.343 e. The van der Waals surface area contributed by atoms with E-state index in [-0.39, 0.29) is 12.5 Å². The Hall–Kier alpha value is -3.70. The molecule has 0 fully saturated rings. The molecule has 0 bridgehead atoms. The number of hydrogen-bond donors (Lipinski definition) is 0. The van der Waals surface area contributed by atoms with Crippen LogP contribution < -0.4 is 9.47 Å². The van der Waals surface area contributed by atoms with E-state index in [9.17, 15) is 9.18 Å². The van der Waals surface area contributed by atoms with Crippen molar-refractivity contribution in [3.8, 4) is 11.5 Å². The minimum absolute atomic E-state index is 0.0935. The van der Waals surface area contributed by atoms with Gasteiger partial charge in [0.25, 0.3) is 0 Å². The molecule has 0 amide bonds. The topological polar surface area (TPSA) is 44.8 Å².